The van der Waals surface area contributed by atoms with E-state index in [0.717, 1.165) is 19.3 Å². The molecule has 3 heteroatoms. The van der Waals surface area contributed by atoms with Crippen LogP contribution in [-0.2, 0) is 4.74 Å². The first-order valence-electron chi connectivity index (χ1n) is 4.44. The van der Waals surface area contributed by atoms with Crippen LogP contribution in [0.4, 0.5) is 0 Å². The molecule has 12 heavy (non-hydrogen) atoms. The summed E-state index contributed by atoms with van der Waals surface area (Å²) in [5, 5.41) is 17.7. The Kier molecular flexibility index (Phi) is 4.29. The monoisotopic (exact) mass is 172 g/mol. The lowest BCUT2D eigenvalue weighted by Gasteiger charge is -2.20. The summed E-state index contributed by atoms with van der Waals surface area (Å²) in [5.74, 6) is 0. The molecule has 0 radical (unpaired) electrons. The van der Waals surface area contributed by atoms with Gasteiger partial charge in [0, 0.05) is 13.0 Å². The molecule has 1 aliphatic rings. The number of aliphatic hydroxyl groups excluding tert-OH is 2. The van der Waals surface area contributed by atoms with E-state index >= 15 is 0 Å². The Morgan fingerprint density at radius 3 is 3.00 bits per heavy atom. The van der Waals surface area contributed by atoms with Crippen LogP contribution in [0.1, 0.15) is 25.7 Å². The van der Waals surface area contributed by atoms with Crippen LogP contribution >= 0.6 is 0 Å². The lowest BCUT2D eigenvalue weighted by atomic mass is 10.1. The number of rotatable bonds is 4. The van der Waals surface area contributed by atoms with E-state index in [0.29, 0.717) is 6.42 Å². The molecule has 2 unspecified atom stereocenters. The van der Waals surface area contributed by atoms with Crippen molar-refractivity contribution in [1.29, 1.82) is 0 Å². The van der Waals surface area contributed by atoms with Gasteiger partial charge in [-0.15, -0.1) is 0 Å². The van der Waals surface area contributed by atoms with Gasteiger partial charge in [-0.25, -0.2) is 0 Å². The Morgan fingerprint density at radius 1 is 1.58 bits per heavy atom. The number of allylic oxidation sites excluding steroid dienone is 1. The Bertz CT molecular complexity index is 145. The summed E-state index contributed by atoms with van der Waals surface area (Å²) >= 11 is 0. The van der Waals surface area contributed by atoms with Crippen LogP contribution in [0, 0.1) is 0 Å². The molecule has 2 atom stereocenters. The van der Waals surface area contributed by atoms with E-state index < -0.39 is 6.29 Å². The van der Waals surface area contributed by atoms with Crippen molar-refractivity contribution in [2.45, 2.75) is 38.1 Å². The van der Waals surface area contributed by atoms with Crippen LogP contribution in [0.5, 0.6) is 0 Å². The molecule has 1 aliphatic carbocycles. The molecule has 0 aromatic carbocycles. The highest BCUT2D eigenvalue weighted by Crippen LogP contribution is 2.15. The van der Waals surface area contributed by atoms with Gasteiger partial charge in [-0.2, -0.15) is 0 Å². The van der Waals surface area contributed by atoms with E-state index in [-0.39, 0.29) is 12.7 Å². The smallest absolute Gasteiger partial charge is 0.157 e. The van der Waals surface area contributed by atoms with Crippen molar-refractivity contribution in [1.82, 2.24) is 0 Å². The first-order valence-corrected chi connectivity index (χ1v) is 4.44. The summed E-state index contributed by atoms with van der Waals surface area (Å²) in [6, 6.07) is 0. The van der Waals surface area contributed by atoms with E-state index in [1.54, 1.807) is 0 Å². The van der Waals surface area contributed by atoms with Crippen LogP contribution < -0.4 is 0 Å². The Balaban J connectivity index is 2.20. The van der Waals surface area contributed by atoms with Crippen molar-refractivity contribution >= 4 is 0 Å². The van der Waals surface area contributed by atoms with Gasteiger partial charge >= 0.3 is 0 Å². The van der Waals surface area contributed by atoms with Crippen LogP contribution in [0.2, 0.25) is 0 Å². The highest BCUT2D eigenvalue weighted by atomic mass is 16.6. The van der Waals surface area contributed by atoms with Crippen molar-refractivity contribution in [2.24, 2.45) is 0 Å². The summed E-state index contributed by atoms with van der Waals surface area (Å²) in [5.41, 5.74) is 0. The summed E-state index contributed by atoms with van der Waals surface area (Å²) in [6.45, 7) is -0.0302. The first-order chi connectivity index (χ1) is 5.83. The summed E-state index contributed by atoms with van der Waals surface area (Å²) in [6.07, 6.45) is 6.76. The summed E-state index contributed by atoms with van der Waals surface area (Å²) in [7, 11) is 0. The Labute approximate surface area is 72.7 Å². The third-order valence-corrected chi connectivity index (χ3v) is 1.92. The topological polar surface area (TPSA) is 49.7 Å². The van der Waals surface area contributed by atoms with E-state index in [1.807, 2.05) is 6.08 Å². The summed E-state index contributed by atoms with van der Waals surface area (Å²) in [4.78, 5) is 0. The van der Waals surface area contributed by atoms with Gasteiger partial charge in [0.05, 0.1) is 6.10 Å². The number of ether oxygens (including phenoxy) is 1. The molecule has 0 spiro atoms. The fourth-order valence-corrected chi connectivity index (χ4v) is 1.27. The van der Waals surface area contributed by atoms with Gasteiger partial charge in [0.2, 0.25) is 0 Å². The van der Waals surface area contributed by atoms with Crippen molar-refractivity contribution in [3.8, 4) is 0 Å². The molecule has 0 aromatic heterocycles. The zero-order valence-corrected chi connectivity index (χ0v) is 7.15. The largest absolute Gasteiger partial charge is 0.396 e. The molecule has 0 aromatic rings. The Morgan fingerprint density at radius 2 is 2.42 bits per heavy atom. The average molecular weight is 172 g/mol. The minimum atomic E-state index is -0.817. The number of aliphatic hydroxyl groups is 2. The van der Waals surface area contributed by atoms with Gasteiger partial charge in [0.25, 0.3) is 0 Å². The second kappa shape index (κ2) is 5.30. The molecule has 0 aliphatic heterocycles. The normalized spacial score (nSPS) is 25.7. The van der Waals surface area contributed by atoms with Crippen molar-refractivity contribution in [2.75, 3.05) is 6.61 Å². The SMILES string of the molecule is OCCC(O)OC1C=CCCC1. The van der Waals surface area contributed by atoms with E-state index in [1.165, 1.54) is 0 Å². The van der Waals surface area contributed by atoms with Crippen molar-refractivity contribution in [3.63, 3.8) is 0 Å². The third kappa shape index (κ3) is 3.34. The third-order valence-electron chi connectivity index (χ3n) is 1.92. The lowest BCUT2D eigenvalue weighted by molar-refractivity contribution is -0.132. The van der Waals surface area contributed by atoms with Gasteiger partial charge in [0.15, 0.2) is 6.29 Å². The van der Waals surface area contributed by atoms with Gasteiger partial charge in [-0.05, 0) is 19.3 Å². The predicted molar refractivity (Wildman–Crippen MR) is 45.6 cm³/mol. The van der Waals surface area contributed by atoms with Gasteiger partial charge in [-0.3, -0.25) is 0 Å². The van der Waals surface area contributed by atoms with Gasteiger partial charge < -0.3 is 14.9 Å². The minimum Gasteiger partial charge on any atom is -0.396 e. The highest BCUT2D eigenvalue weighted by molar-refractivity contribution is 4.94. The zero-order chi connectivity index (χ0) is 8.81. The summed E-state index contributed by atoms with van der Waals surface area (Å²) < 4.78 is 5.24. The van der Waals surface area contributed by atoms with Gasteiger partial charge in [-0.1, -0.05) is 12.2 Å². The molecule has 70 valence electrons. The van der Waals surface area contributed by atoms with E-state index in [2.05, 4.69) is 6.08 Å². The molecule has 2 N–H and O–H groups in total. The van der Waals surface area contributed by atoms with Crippen molar-refractivity contribution in [3.05, 3.63) is 12.2 Å². The maximum Gasteiger partial charge on any atom is 0.157 e. The first kappa shape index (κ1) is 9.71. The fraction of sp³-hybridized carbons (Fsp3) is 0.778. The molecule has 1 rings (SSSR count). The van der Waals surface area contributed by atoms with E-state index in [4.69, 9.17) is 9.84 Å². The molecule has 0 heterocycles. The predicted octanol–water partition coefficient (Wildman–Crippen LogP) is 0.812. The van der Waals surface area contributed by atoms with Crippen LogP contribution in [0.15, 0.2) is 12.2 Å². The molecule has 0 saturated heterocycles. The van der Waals surface area contributed by atoms with Crippen LogP contribution in [0.3, 0.4) is 0 Å². The lowest BCUT2D eigenvalue weighted by Crippen LogP contribution is -2.22. The highest BCUT2D eigenvalue weighted by Gasteiger charge is 2.12. The molecular formula is C9H16O3. The van der Waals surface area contributed by atoms with Gasteiger partial charge in [0.1, 0.15) is 0 Å². The minimum absolute atomic E-state index is 0.0302. The zero-order valence-electron chi connectivity index (χ0n) is 7.15. The van der Waals surface area contributed by atoms with Crippen molar-refractivity contribution < 1.29 is 14.9 Å². The van der Waals surface area contributed by atoms with E-state index in [9.17, 15) is 5.11 Å². The second-order valence-corrected chi connectivity index (χ2v) is 3.00. The molecule has 0 bridgehead atoms. The van der Waals surface area contributed by atoms with Crippen LogP contribution in [0.25, 0.3) is 0 Å². The molecule has 0 saturated carbocycles. The van der Waals surface area contributed by atoms with Crippen LogP contribution in [-0.4, -0.2) is 29.2 Å². The molecular weight excluding hydrogens is 156 g/mol. The standard InChI is InChI=1S/C9H16O3/c10-7-6-9(11)12-8-4-2-1-3-5-8/h2,4,8-11H,1,3,5-7H2. The average Bonchev–Trinajstić information content (AvgIpc) is 2.06. The molecule has 3 nitrogen and oxygen atoms in total. The quantitative estimate of drug-likeness (QED) is 0.487. The molecule has 0 amide bonds. The maximum absolute atomic E-state index is 9.19. The number of hydrogen-bond donors (Lipinski definition) is 2. The molecule has 0 fully saturated rings. The fourth-order valence-electron chi connectivity index (χ4n) is 1.27. The Hall–Kier alpha value is -0.380. The second-order valence-electron chi connectivity index (χ2n) is 3.00. The maximum atomic E-state index is 9.19. The number of hydrogen-bond acceptors (Lipinski definition) is 3.